The zero-order chi connectivity index (χ0) is 20.9. The quantitative estimate of drug-likeness (QED) is 0.687. The van der Waals surface area contributed by atoms with E-state index in [0.29, 0.717) is 11.3 Å². The number of rotatable bonds is 6. The van der Waals surface area contributed by atoms with Crippen molar-refractivity contribution < 1.29 is 22.7 Å². The van der Waals surface area contributed by atoms with Gasteiger partial charge >= 0.3 is 6.18 Å². The van der Waals surface area contributed by atoms with Crippen molar-refractivity contribution in [2.24, 2.45) is 0 Å². The molecule has 0 unspecified atom stereocenters. The first-order valence-corrected chi connectivity index (χ1v) is 8.54. The van der Waals surface area contributed by atoms with Crippen LogP contribution < -0.4 is 15.6 Å². The summed E-state index contributed by atoms with van der Waals surface area (Å²) in [6, 6.07) is 17.1. The molecule has 2 aromatic carbocycles. The number of ether oxygens (including phenoxy) is 1. The smallest absolute Gasteiger partial charge is 0.422 e. The van der Waals surface area contributed by atoms with Crippen LogP contribution in [0.5, 0.6) is 5.75 Å². The zero-order valence-corrected chi connectivity index (χ0v) is 15.0. The van der Waals surface area contributed by atoms with Gasteiger partial charge in [0.05, 0.1) is 5.69 Å². The molecule has 0 radical (unpaired) electrons. The summed E-state index contributed by atoms with van der Waals surface area (Å²) in [4.78, 5) is 24.4. The first-order chi connectivity index (χ1) is 13.8. The van der Waals surface area contributed by atoms with E-state index in [4.69, 9.17) is 4.74 Å². The summed E-state index contributed by atoms with van der Waals surface area (Å²) in [6.07, 6.45) is -4.43. The van der Waals surface area contributed by atoms with Crippen molar-refractivity contribution in [2.75, 3.05) is 6.61 Å². The summed E-state index contributed by atoms with van der Waals surface area (Å²) in [5.74, 6) is -0.485. The standard InChI is InChI=1S/C20H16F3N3O3/c21-20(22,23)13-29-16-8-4-5-14(11-16)12-24-19(28)17-9-10-18(27)26(25-17)15-6-2-1-3-7-15/h1-11H,12-13H2,(H,24,28). The third-order valence-corrected chi connectivity index (χ3v) is 3.79. The van der Waals surface area contributed by atoms with E-state index in [0.717, 1.165) is 4.68 Å². The van der Waals surface area contributed by atoms with Crippen LogP contribution in [-0.2, 0) is 6.54 Å². The monoisotopic (exact) mass is 403 g/mol. The molecule has 1 amide bonds. The maximum Gasteiger partial charge on any atom is 0.422 e. The van der Waals surface area contributed by atoms with Gasteiger partial charge < -0.3 is 10.1 Å². The van der Waals surface area contributed by atoms with Gasteiger partial charge in [-0.2, -0.15) is 23.0 Å². The Morgan fingerprint density at radius 2 is 1.79 bits per heavy atom. The van der Waals surface area contributed by atoms with Crippen molar-refractivity contribution in [3.05, 3.63) is 88.3 Å². The fourth-order valence-electron chi connectivity index (χ4n) is 2.47. The fraction of sp³-hybridized carbons (Fsp3) is 0.150. The molecule has 0 atom stereocenters. The highest BCUT2D eigenvalue weighted by Crippen LogP contribution is 2.19. The second kappa shape index (κ2) is 8.59. The molecule has 0 aliphatic rings. The lowest BCUT2D eigenvalue weighted by molar-refractivity contribution is -0.153. The molecule has 1 heterocycles. The van der Waals surface area contributed by atoms with Crippen molar-refractivity contribution in [3.63, 3.8) is 0 Å². The van der Waals surface area contributed by atoms with Crippen LogP contribution in [0, 0.1) is 0 Å². The Morgan fingerprint density at radius 1 is 1.03 bits per heavy atom. The number of nitrogens with zero attached hydrogens (tertiary/aromatic N) is 2. The number of benzene rings is 2. The SMILES string of the molecule is O=C(NCc1cccc(OCC(F)(F)F)c1)c1ccc(=O)n(-c2ccccc2)n1. The predicted octanol–water partition coefficient (Wildman–Crippen LogP) is 3.10. The molecule has 0 fully saturated rings. The molecule has 6 nitrogen and oxygen atoms in total. The molecule has 3 rings (SSSR count). The number of aromatic nitrogens is 2. The zero-order valence-electron chi connectivity index (χ0n) is 15.0. The van der Waals surface area contributed by atoms with Gasteiger partial charge in [0.15, 0.2) is 6.61 Å². The second-order valence-corrected chi connectivity index (χ2v) is 6.04. The highest BCUT2D eigenvalue weighted by atomic mass is 19.4. The molecule has 0 bridgehead atoms. The number of halogens is 3. The lowest BCUT2D eigenvalue weighted by atomic mass is 10.2. The summed E-state index contributed by atoms with van der Waals surface area (Å²) in [6.45, 7) is -1.35. The molecule has 9 heteroatoms. The maximum absolute atomic E-state index is 12.4. The Labute approximate surface area is 163 Å². The molecule has 0 aliphatic heterocycles. The van der Waals surface area contributed by atoms with E-state index in [1.54, 1.807) is 36.4 Å². The Balaban J connectivity index is 1.68. The van der Waals surface area contributed by atoms with E-state index in [1.807, 2.05) is 0 Å². The number of alkyl halides is 3. The predicted molar refractivity (Wildman–Crippen MR) is 99.0 cm³/mol. The molecule has 1 N–H and O–H groups in total. The molecule has 0 spiro atoms. The van der Waals surface area contributed by atoms with Gasteiger partial charge in [0, 0.05) is 12.6 Å². The van der Waals surface area contributed by atoms with Crippen LogP contribution in [-0.4, -0.2) is 28.5 Å². The third kappa shape index (κ3) is 5.68. The minimum Gasteiger partial charge on any atom is -0.484 e. The summed E-state index contributed by atoms with van der Waals surface area (Å²) in [7, 11) is 0. The molecule has 0 saturated carbocycles. The molecular weight excluding hydrogens is 387 g/mol. The first kappa shape index (κ1) is 20.1. The van der Waals surface area contributed by atoms with Crippen LogP contribution in [0.3, 0.4) is 0 Å². The Kier molecular flexibility index (Phi) is 5.96. The molecular formula is C20H16F3N3O3. The van der Waals surface area contributed by atoms with E-state index < -0.39 is 18.7 Å². The average molecular weight is 403 g/mol. The molecule has 1 aromatic heterocycles. The Bertz CT molecular complexity index is 1050. The minimum absolute atomic E-state index is 0.0259. The summed E-state index contributed by atoms with van der Waals surface area (Å²) >= 11 is 0. The Hall–Kier alpha value is -3.62. The fourth-order valence-corrected chi connectivity index (χ4v) is 2.47. The topological polar surface area (TPSA) is 73.2 Å². The van der Waals surface area contributed by atoms with Crippen LogP contribution >= 0.6 is 0 Å². The molecule has 3 aromatic rings. The van der Waals surface area contributed by atoms with E-state index in [1.165, 1.54) is 30.3 Å². The Morgan fingerprint density at radius 3 is 2.52 bits per heavy atom. The van der Waals surface area contributed by atoms with Crippen molar-refractivity contribution in [1.82, 2.24) is 15.1 Å². The number of carbonyl (C=O) groups excluding carboxylic acids is 1. The molecule has 0 saturated heterocycles. The van der Waals surface area contributed by atoms with E-state index in [9.17, 15) is 22.8 Å². The van der Waals surface area contributed by atoms with Crippen molar-refractivity contribution in [3.8, 4) is 11.4 Å². The van der Waals surface area contributed by atoms with E-state index >= 15 is 0 Å². The lowest BCUT2D eigenvalue weighted by Crippen LogP contribution is -2.28. The number of hydrogen-bond acceptors (Lipinski definition) is 4. The lowest BCUT2D eigenvalue weighted by Gasteiger charge is -2.11. The van der Waals surface area contributed by atoms with Crippen LogP contribution in [0.2, 0.25) is 0 Å². The van der Waals surface area contributed by atoms with Gasteiger partial charge in [-0.3, -0.25) is 9.59 Å². The first-order valence-electron chi connectivity index (χ1n) is 8.54. The maximum atomic E-state index is 12.4. The number of carbonyl (C=O) groups is 1. The van der Waals surface area contributed by atoms with Gasteiger partial charge in [-0.05, 0) is 35.9 Å². The highest BCUT2D eigenvalue weighted by molar-refractivity contribution is 5.92. The van der Waals surface area contributed by atoms with Crippen LogP contribution in [0.15, 0.2) is 71.5 Å². The molecule has 29 heavy (non-hydrogen) atoms. The number of hydrogen-bond donors (Lipinski definition) is 1. The number of para-hydroxylation sites is 1. The number of amides is 1. The summed E-state index contributed by atoms with van der Waals surface area (Å²) < 4.78 is 42.6. The molecule has 150 valence electrons. The minimum atomic E-state index is -4.43. The van der Waals surface area contributed by atoms with Crippen LogP contribution in [0.4, 0.5) is 13.2 Å². The van der Waals surface area contributed by atoms with E-state index in [2.05, 4.69) is 10.4 Å². The number of nitrogens with one attached hydrogen (secondary N) is 1. The van der Waals surface area contributed by atoms with Gasteiger partial charge in [-0.1, -0.05) is 30.3 Å². The van der Waals surface area contributed by atoms with Crippen molar-refractivity contribution in [2.45, 2.75) is 12.7 Å². The highest BCUT2D eigenvalue weighted by Gasteiger charge is 2.28. The van der Waals surface area contributed by atoms with E-state index in [-0.39, 0.29) is 23.5 Å². The largest absolute Gasteiger partial charge is 0.484 e. The van der Waals surface area contributed by atoms with Gasteiger partial charge in [0.2, 0.25) is 0 Å². The summed E-state index contributed by atoms with van der Waals surface area (Å²) in [5, 5.41) is 6.69. The average Bonchev–Trinajstić information content (AvgIpc) is 2.71. The van der Waals surface area contributed by atoms with Crippen molar-refractivity contribution in [1.29, 1.82) is 0 Å². The van der Waals surface area contributed by atoms with Crippen molar-refractivity contribution >= 4 is 5.91 Å². The van der Waals surface area contributed by atoms with Gasteiger partial charge in [-0.25, -0.2) is 0 Å². The van der Waals surface area contributed by atoms with Crippen LogP contribution in [0.1, 0.15) is 16.1 Å². The van der Waals surface area contributed by atoms with Gasteiger partial charge in [0.25, 0.3) is 11.5 Å². The van der Waals surface area contributed by atoms with Gasteiger partial charge in [0.1, 0.15) is 11.4 Å². The van der Waals surface area contributed by atoms with Crippen LogP contribution in [0.25, 0.3) is 5.69 Å². The molecule has 0 aliphatic carbocycles. The third-order valence-electron chi connectivity index (χ3n) is 3.79. The normalized spacial score (nSPS) is 11.1. The second-order valence-electron chi connectivity index (χ2n) is 6.04. The summed E-state index contributed by atoms with van der Waals surface area (Å²) in [5.41, 5.74) is 0.705. The van der Waals surface area contributed by atoms with Gasteiger partial charge in [-0.15, -0.1) is 0 Å².